The summed E-state index contributed by atoms with van der Waals surface area (Å²) in [6.07, 6.45) is 5.91. The van der Waals surface area contributed by atoms with Crippen LogP contribution in [-0.4, -0.2) is 18.3 Å². The summed E-state index contributed by atoms with van der Waals surface area (Å²) in [5.41, 5.74) is 0.784. The van der Waals surface area contributed by atoms with Crippen molar-refractivity contribution >= 4 is 11.6 Å². The van der Waals surface area contributed by atoms with Crippen molar-refractivity contribution in [2.45, 2.75) is 58.5 Å². The zero-order valence-corrected chi connectivity index (χ0v) is 13.5. The van der Waals surface area contributed by atoms with Gasteiger partial charge in [0.25, 0.3) is 0 Å². The minimum atomic E-state index is 0.176. The number of methoxy groups -OCH3 is 1. The van der Waals surface area contributed by atoms with E-state index >= 15 is 0 Å². The van der Waals surface area contributed by atoms with E-state index in [1.54, 1.807) is 12.1 Å². The highest BCUT2D eigenvalue weighted by atomic mass is 35.5. The number of nitrogens with one attached hydrogen (secondary N) is 1. The number of aromatic hydroxyl groups is 1. The molecule has 0 amide bonds. The van der Waals surface area contributed by atoms with E-state index in [4.69, 9.17) is 16.3 Å². The summed E-state index contributed by atoms with van der Waals surface area (Å²) in [6.45, 7) is 5.01. The lowest BCUT2D eigenvalue weighted by Crippen LogP contribution is -2.28. The Morgan fingerprint density at radius 2 is 2.00 bits per heavy atom. The fourth-order valence-electron chi connectivity index (χ4n) is 2.32. The largest absolute Gasteiger partial charge is 0.504 e. The fraction of sp³-hybridized carbons (Fsp3) is 0.625. The lowest BCUT2D eigenvalue weighted by Gasteiger charge is -2.19. The Labute approximate surface area is 127 Å². The van der Waals surface area contributed by atoms with Gasteiger partial charge in [-0.2, -0.15) is 0 Å². The van der Waals surface area contributed by atoms with Gasteiger partial charge in [-0.05, 0) is 18.9 Å². The van der Waals surface area contributed by atoms with Gasteiger partial charge in [-0.25, -0.2) is 0 Å². The van der Waals surface area contributed by atoms with Crippen molar-refractivity contribution in [1.29, 1.82) is 0 Å². The minimum absolute atomic E-state index is 0.176. The molecule has 1 aromatic rings. The molecule has 0 radical (unpaired) electrons. The van der Waals surface area contributed by atoms with Gasteiger partial charge in [-0.1, -0.05) is 44.7 Å². The molecule has 0 saturated heterocycles. The van der Waals surface area contributed by atoms with Crippen molar-refractivity contribution in [3.8, 4) is 11.5 Å². The Hall–Kier alpha value is -0.930. The van der Waals surface area contributed by atoms with Crippen molar-refractivity contribution in [2.24, 2.45) is 0 Å². The second kappa shape index (κ2) is 9.09. The van der Waals surface area contributed by atoms with Crippen LogP contribution < -0.4 is 10.1 Å². The molecular weight excluding hydrogens is 274 g/mol. The van der Waals surface area contributed by atoms with E-state index < -0.39 is 0 Å². The average molecular weight is 300 g/mol. The van der Waals surface area contributed by atoms with Crippen LogP contribution in [0.5, 0.6) is 11.5 Å². The molecule has 0 aliphatic carbocycles. The summed E-state index contributed by atoms with van der Waals surface area (Å²) >= 11 is 6.04. The zero-order chi connectivity index (χ0) is 15.0. The van der Waals surface area contributed by atoms with Gasteiger partial charge in [0.15, 0.2) is 11.5 Å². The van der Waals surface area contributed by atoms with Crippen LogP contribution in [0.15, 0.2) is 12.1 Å². The third kappa shape index (κ3) is 5.22. The van der Waals surface area contributed by atoms with Crippen molar-refractivity contribution in [1.82, 2.24) is 5.32 Å². The molecule has 3 nitrogen and oxygen atoms in total. The first-order valence-corrected chi connectivity index (χ1v) is 7.78. The predicted octanol–water partition coefficient (Wildman–Crippen LogP) is 4.50. The lowest BCUT2D eigenvalue weighted by molar-refractivity contribution is 0.366. The van der Waals surface area contributed by atoms with Crippen molar-refractivity contribution in [3.05, 3.63) is 22.7 Å². The maximum Gasteiger partial charge on any atom is 0.162 e. The second-order valence-corrected chi connectivity index (χ2v) is 5.56. The standard InChI is InChI=1S/C16H26ClNO2/c1-4-6-8-14(7-5-2)18-11-12-9-13(17)10-15(20-3)16(12)19/h9-10,14,18-19H,4-8,11H2,1-3H3. The smallest absolute Gasteiger partial charge is 0.162 e. The van der Waals surface area contributed by atoms with Crippen LogP contribution in [0.3, 0.4) is 0 Å². The maximum absolute atomic E-state index is 10.1. The molecule has 0 heterocycles. The quantitative estimate of drug-likeness (QED) is 0.705. The maximum atomic E-state index is 10.1. The number of halogens is 1. The van der Waals surface area contributed by atoms with Gasteiger partial charge in [-0.3, -0.25) is 0 Å². The summed E-state index contributed by atoms with van der Waals surface area (Å²) in [5, 5.41) is 14.2. The van der Waals surface area contributed by atoms with Crippen molar-refractivity contribution in [3.63, 3.8) is 0 Å². The van der Waals surface area contributed by atoms with Crippen molar-refractivity contribution in [2.75, 3.05) is 7.11 Å². The summed E-state index contributed by atoms with van der Waals surface area (Å²) in [4.78, 5) is 0. The predicted molar refractivity (Wildman–Crippen MR) is 84.7 cm³/mol. The van der Waals surface area contributed by atoms with Gasteiger partial charge >= 0.3 is 0 Å². The lowest BCUT2D eigenvalue weighted by atomic mass is 10.0. The average Bonchev–Trinajstić information content (AvgIpc) is 2.44. The van der Waals surface area contributed by atoms with Crippen LogP contribution in [0.2, 0.25) is 5.02 Å². The SMILES string of the molecule is CCCCC(CCC)NCc1cc(Cl)cc(OC)c1O. The summed E-state index contributed by atoms with van der Waals surface area (Å²) in [7, 11) is 1.53. The number of unbranched alkanes of at least 4 members (excludes halogenated alkanes) is 1. The molecule has 0 bridgehead atoms. The molecule has 114 valence electrons. The highest BCUT2D eigenvalue weighted by molar-refractivity contribution is 6.30. The van der Waals surface area contributed by atoms with E-state index in [9.17, 15) is 5.11 Å². The zero-order valence-electron chi connectivity index (χ0n) is 12.7. The van der Waals surface area contributed by atoms with Crippen LogP contribution in [-0.2, 0) is 6.54 Å². The number of rotatable bonds is 9. The molecule has 0 spiro atoms. The van der Waals surface area contributed by atoms with Gasteiger partial charge in [0.2, 0.25) is 0 Å². The van der Waals surface area contributed by atoms with Crippen LogP contribution in [0.4, 0.5) is 0 Å². The van der Waals surface area contributed by atoms with E-state index in [0.29, 0.717) is 23.4 Å². The van der Waals surface area contributed by atoms with E-state index in [1.165, 1.54) is 26.4 Å². The monoisotopic (exact) mass is 299 g/mol. The normalized spacial score (nSPS) is 12.4. The van der Waals surface area contributed by atoms with Crippen LogP contribution in [0.1, 0.15) is 51.5 Å². The molecule has 1 aromatic carbocycles. The molecule has 1 rings (SSSR count). The number of hydrogen-bond donors (Lipinski definition) is 2. The topological polar surface area (TPSA) is 41.5 Å². The second-order valence-electron chi connectivity index (χ2n) is 5.12. The number of benzene rings is 1. The Bertz CT molecular complexity index is 410. The van der Waals surface area contributed by atoms with Crippen LogP contribution in [0.25, 0.3) is 0 Å². The van der Waals surface area contributed by atoms with Gasteiger partial charge < -0.3 is 15.2 Å². The first-order valence-electron chi connectivity index (χ1n) is 7.41. The highest BCUT2D eigenvalue weighted by Gasteiger charge is 2.12. The number of hydrogen-bond acceptors (Lipinski definition) is 3. The van der Waals surface area contributed by atoms with Crippen LogP contribution >= 0.6 is 11.6 Å². The molecule has 4 heteroatoms. The van der Waals surface area contributed by atoms with Gasteiger partial charge in [0, 0.05) is 29.2 Å². The molecule has 1 atom stereocenters. The molecular formula is C16H26ClNO2. The first kappa shape index (κ1) is 17.1. The first-order chi connectivity index (χ1) is 9.62. The number of phenolic OH excluding ortho intramolecular Hbond substituents is 1. The summed E-state index contributed by atoms with van der Waals surface area (Å²) in [6, 6.07) is 3.90. The Morgan fingerprint density at radius 1 is 1.25 bits per heavy atom. The molecule has 20 heavy (non-hydrogen) atoms. The van der Waals surface area contributed by atoms with E-state index in [1.807, 2.05) is 0 Å². The number of phenols is 1. The Morgan fingerprint density at radius 3 is 2.60 bits per heavy atom. The van der Waals surface area contributed by atoms with Gasteiger partial charge in [-0.15, -0.1) is 0 Å². The molecule has 2 N–H and O–H groups in total. The molecule has 0 aliphatic heterocycles. The summed E-state index contributed by atoms with van der Waals surface area (Å²) < 4.78 is 5.12. The molecule has 0 aliphatic rings. The third-order valence-electron chi connectivity index (χ3n) is 3.46. The Kier molecular flexibility index (Phi) is 7.78. The Balaban J connectivity index is 2.69. The fourth-order valence-corrected chi connectivity index (χ4v) is 2.55. The molecule has 0 saturated carbocycles. The third-order valence-corrected chi connectivity index (χ3v) is 3.68. The van der Waals surface area contributed by atoms with Crippen LogP contribution in [0, 0.1) is 0 Å². The van der Waals surface area contributed by atoms with E-state index in [-0.39, 0.29) is 5.75 Å². The highest BCUT2D eigenvalue weighted by Crippen LogP contribution is 2.33. The molecule has 0 aromatic heterocycles. The molecule has 1 unspecified atom stereocenters. The van der Waals surface area contributed by atoms with Gasteiger partial charge in [0.1, 0.15) is 0 Å². The van der Waals surface area contributed by atoms with Gasteiger partial charge in [0.05, 0.1) is 7.11 Å². The summed E-state index contributed by atoms with van der Waals surface area (Å²) in [5.74, 6) is 0.602. The van der Waals surface area contributed by atoms with Crippen molar-refractivity contribution < 1.29 is 9.84 Å². The number of ether oxygens (including phenoxy) is 1. The molecule has 0 fully saturated rings. The minimum Gasteiger partial charge on any atom is -0.504 e. The van der Waals surface area contributed by atoms with E-state index in [0.717, 1.165) is 18.4 Å². The van der Waals surface area contributed by atoms with E-state index in [2.05, 4.69) is 19.2 Å².